The first kappa shape index (κ1) is 16.5. The van der Waals surface area contributed by atoms with Crippen LogP contribution in [0.3, 0.4) is 0 Å². The zero-order valence-corrected chi connectivity index (χ0v) is 10.7. The molecule has 0 spiro atoms. The highest BCUT2D eigenvalue weighted by Crippen LogP contribution is 2.32. The molecule has 1 aromatic rings. The summed E-state index contributed by atoms with van der Waals surface area (Å²) >= 11 is 0. The van der Waals surface area contributed by atoms with E-state index in [1.807, 2.05) is 0 Å². The third-order valence-electron chi connectivity index (χ3n) is 2.34. The number of ether oxygens (including phenoxy) is 2. The first-order valence-corrected chi connectivity index (χ1v) is 5.19. The van der Waals surface area contributed by atoms with Gasteiger partial charge in [-0.3, -0.25) is 4.79 Å². The molecule has 0 saturated carbocycles. The van der Waals surface area contributed by atoms with Gasteiger partial charge >= 0.3 is 5.97 Å². The van der Waals surface area contributed by atoms with E-state index < -0.39 is 52.1 Å². The first-order valence-electron chi connectivity index (χ1n) is 5.19. The highest BCUT2D eigenvalue weighted by Gasteiger charge is 2.29. The minimum Gasteiger partial charge on any atom is -0.507 e. The summed E-state index contributed by atoms with van der Waals surface area (Å²) in [6, 6.07) is 0. The average molecular weight is 308 g/mol. The van der Waals surface area contributed by atoms with Gasteiger partial charge in [0.2, 0.25) is 11.6 Å². The number of methoxy groups -OCH3 is 2. The van der Waals surface area contributed by atoms with E-state index in [0.29, 0.717) is 0 Å². The molecule has 0 unspecified atom stereocenters. The van der Waals surface area contributed by atoms with Gasteiger partial charge in [0.05, 0.1) is 19.8 Å². The molecule has 0 bridgehead atoms. The Labute approximate surface area is 115 Å². The summed E-state index contributed by atoms with van der Waals surface area (Å²) in [6.45, 7) is 0. The van der Waals surface area contributed by atoms with Gasteiger partial charge in [-0.2, -0.15) is 8.78 Å². The highest BCUT2D eigenvalue weighted by atomic mass is 19.2. The molecule has 0 aliphatic carbocycles. The summed E-state index contributed by atoms with van der Waals surface area (Å²) in [5.41, 5.74) is -1.55. The molecule has 0 fully saturated rings. The smallest absolute Gasteiger partial charge is 0.378 e. The molecule has 21 heavy (non-hydrogen) atoms. The predicted molar refractivity (Wildman–Crippen MR) is 60.5 cm³/mol. The number of hydrogen-bond acceptors (Lipinski definition) is 5. The van der Waals surface area contributed by atoms with E-state index >= 15 is 0 Å². The Hall–Kier alpha value is -2.58. The molecule has 114 valence electrons. The summed E-state index contributed by atoms with van der Waals surface area (Å²) in [7, 11) is 1.62. The molecule has 0 aliphatic rings. The number of rotatable bonds is 4. The Kier molecular flexibility index (Phi) is 4.90. The molecule has 0 saturated heterocycles. The second-order valence-corrected chi connectivity index (χ2v) is 3.55. The molecule has 0 atom stereocenters. The molecule has 0 heterocycles. The summed E-state index contributed by atoms with van der Waals surface area (Å²) in [5.74, 6) is -13.5. The molecule has 9 heteroatoms. The Morgan fingerprint density at radius 2 is 1.48 bits per heavy atom. The van der Waals surface area contributed by atoms with E-state index in [1.165, 1.54) is 0 Å². The van der Waals surface area contributed by atoms with Gasteiger partial charge in [-0.25, -0.2) is 13.6 Å². The maximum Gasteiger partial charge on any atom is 0.378 e. The lowest BCUT2D eigenvalue weighted by Gasteiger charge is -2.10. The third kappa shape index (κ3) is 2.96. The van der Waals surface area contributed by atoms with Crippen molar-refractivity contribution in [2.45, 2.75) is 0 Å². The van der Waals surface area contributed by atoms with Crippen LogP contribution in [0.1, 0.15) is 5.56 Å². The van der Waals surface area contributed by atoms with Gasteiger partial charge in [-0.1, -0.05) is 0 Å². The molecule has 1 N–H and O–H groups in total. The van der Waals surface area contributed by atoms with Crippen molar-refractivity contribution in [3.8, 4) is 5.75 Å². The standard InChI is InChI=1S/C12H8F4O5/c1-20-11-9(15)7(13)6(8(14)10(11)16)4(17)3-5(18)12(19)21-2/h3,17H,1-2H3/b4-3-. The van der Waals surface area contributed by atoms with Gasteiger partial charge in [0.25, 0.3) is 5.78 Å². The normalized spacial score (nSPS) is 11.2. The van der Waals surface area contributed by atoms with E-state index in [-0.39, 0.29) is 6.08 Å². The van der Waals surface area contributed by atoms with Crippen LogP contribution in [0.2, 0.25) is 0 Å². The second-order valence-electron chi connectivity index (χ2n) is 3.55. The number of aliphatic hydroxyl groups is 1. The minimum absolute atomic E-state index is 0.0681. The van der Waals surface area contributed by atoms with Crippen LogP contribution in [0, 0.1) is 23.3 Å². The number of halogens is 4. The number of aliphatic hydroxyl groups excluding tert-OH is 1. The van der Waals surface area contributed by atoms with Crippen LogP contribution in [-0.4, -0.2) is 31.1 Å². The number of carbonyl (C=O) groups excluding carboxylic acids is 2. The Morgan fingerprint density at radius 1 is 1.00 bits per heavy atom. The summed E-state index contributed by atoms with van der Waals surface area (Å²) in [6.07, 6.45) is 0.0681. The van der Waals surface area contributed by atoms with Crippen molar-refractivity contribution in [3.05, 3.63) is 34.9 Å². The Morgan fingerprint density at radius 3 is 1.86 bits per heavy atom. The van der Waals surface area contributed by atoms with Crippen molar-refractivity contribution in [1.29, 1.82) is 0 Å². The van der Waals surface area contributed by atoms with Gasteiger partial charge in [-0.15, -0.1) is 0 Å². The molecular weight excluding hydrogens is 300 g/mol. The third-order valence-corrected chi connectivity index (χ3v) is 2.34. The Bertz CT molecular complexity index is 610. The molecule has 1 aromatic carbocycles. The molecule has 0 radical (unpaired) electrons. The van der Waals surface area contributed by atoms with E-state index in [9.17, 15) is 32.3 Å². The maximum atomic E-state index is 13.6. The lowest BCUT2D eigenvalue weighted by Crippen LogP contribution is -2.14. The molecular formula is C12H8F4O5. The zero-order valence-electron chi connectivity index (χ0n) is 10.7. The fourth-order valence-electron chi connectivity index (χ4n) is 1.37. The number of hydrogen-bond donors (Lipinski definition) is 1. The summed E-state index contributed by atoms with van der Waals surface area (Å²) in [4.78, 5) is 21.9. The van der Waals surface area contributed by atoms with E-state index in [0.717, 1.165) is 14.2 Å². The first-order chi connectivity index (χ1) is 9.76. The van der Waals surface area contributed by atoms with Crippen molar-refractivity contribution in [2.24, 2.45) is 0 Å². The predicted octanol–water partition coefficient (Wildman–Crippen LogP) is 1.89. The highest BCUT2D eigenvalue weighted by molar-refractivity contribution is 6.39. The largest absolute Gasteiger partial charge is 0.507 e. The van der Waals surface area contributed by atoms with Crippen LogP contribution in [-0.2, 0) is 14.3 Å². The quantitative estimate of drug-likeness (QED) is 0.230. The van der Waals surface area contributed by atoms with Crippen LogP contribution in [0.4, 0.5) is 17.6 Å². The zero-order chi connectivity index (χ0) is 16.3. The van der Waals surface area contributed by atoms with Gasteiger partial charge in [-0.05, 0) is 0 Å². The summed E-state index contributed by atoms with van der Waals surface area (Å²) < 4.78 is 62.1. The van der Waals surface area contributed by atoms with Gasteiger partial charge in [0.15, 0.2) is 17.4 Å². The van der Waals surface area contributed by atoms with Crippen LogP contribution in [0.15, 0.2) is 6.08 Å². The van der Waals surface area contributed by atoms with Crippen LogP contribution < -0.4 is 4.74 Å². The number of carbonyl (C=O) groups is 2. The maximum absolute atomic E-state index is 13.6. The van der Waals surface area contributed by atoms with Crippen molar-refractivity contribution in [2.75, 3.05) is 14.2 Å². The molecule has 0 aliphatic heterocycles. The van der Waals surface area contributed by atoms with Crippen molar-refractivity contribution in [1.82, 2.24) is 0 Å². The van der Waals surface area contributed by atoms with Gasteiger partial charge in [0.1, 0.15) is 5.76 Å². The fourth-order valence-corrected chi connectivity index (χ4v) is 1.37. The van der Waals surface area contributed by atoms with Crippen LogP contribution in [0.5, 0.6) is 5.75 Å². The van der Waals surface area contributed by atoms with Crippen molar-refractivity contribution < 1.29 is 41.7 Å². The van der Waals surface area contributed by atoms with E-state index in [1.54, 1.807) is 0 Å². The Balaban J connectivity index is 3.48. The molecule has 0 amide bonds. The van der Waals surface area contributed by atoms with Crippen molar-refractivity contribution >= 4 is 17.5 Å². The molecule has 0 aromatic heterocycles. The fraction of sp³-hybridized carbons (Fsp3) is 0.167. The molecule has 1 rings (SSSR count). The van der Waals surface area contributed by atoms with E-state index in [4.69, 9.17) is 0 Å². The van der Waals surface area contributed by atoms with Gasteiger partial charge < -0.3 is 14.6 Å². The number of ketones is 1. The topological polar surface area (TPSA) is 72.8 Å². The monoisotopic (exact) mass is 308 g/mol. The average Bonchev–Trinajstić information content (AvgIpc) is 2.45. The molecule has 5 nitrogen and oxygen atoms in total. The van der Waals surface area contributed by atoms with Crippen molar-refractivity contribution in [3.63, 3.8) is 0 Å². The summed E-state index contributed by atoms with van der Waals surface area (Å²) in [5, 5.41) is 9.39. The van der Waals surface area contributed by atoms with Crippen LogP contribution >= 0.6 is 0 Å². The lowest BCUT2D eigenvalue weighted by atomic mass is 10.1. The van der Waals surface area contributed by atoms with Crippen LogP contribution in [0.25, 0.3) is 5.76 Å². The minimum atomic E-state index is -1.99. The number of esters is 1. The lowest BCUT2D eigenvalue weighted by molar-refractivity contribution is -0.149. The number of benzene rings is 1. The second kappa shape index (κ2) is 6.25. The van der Waals surface area contributed by atoms with E-state index in [2.05, 4.69) is 9.47 Å². The SMILES string of the molecule is COC(=O)C(=O)/C=C(\O)c1c(F)c(F)c(OC)c(F)c1F. The van der Waals surface area contributed by atoms with Gasteiger partial charge in [0, 0.05) is 6.08 Å².